The van der Waals surface area contributed by atoms with Gasteiger partial charge in [-0.05, 0) is 19.2 Å². The third-order valence-corrected chi connectivity index (χ3v) is 2.79. The predicted octanol–water partition coefficient (Wildman–Crippen LogP) is 1.39. The van der Waals surface area contributed by atoms with Gasteiger partial charge in [0, 0.05) is 32.4 Å². The molecule has 1 fully saturated rings. The summed E-state index contributed by atoms with van der Waals surface area (Å²) in [4.78, 5) is 9.77. The summed E-state index contributed by atoms with van der Waals surface area (Å²) in [6.45, 7) is 4.33. The lowest BCUT2D eigenvalue weighted by Gasteiger charge is -2.33. The number of pyridine rings is 1. The van der Waals surface area contributed by atoms with E-state index in [0.717, 1.165) is 36.9 Å². The van der Waals surface area contributed by atoms with E-state index in [1.54, 1.807) is 6.20 Å². The fraction of sp³-hybridized carbons (Fsp3) is 0.500. The molecule has 4 heteroatoms. The molecule has 1 aromatic heterocycles. The van der Waals surface area contributed by atoms with Crippen molar-refractivity contribution < 1.29 is 0 Å². The van der Waals surface area contributed by atoms with Crippen LogP contribution in [0.4, 0.5) is 5.82 Å². The molecule has 2 rings (SSSR count). The minimum Gasteiger partial charge on any atom is -0.354 e. The van der Waals surface area contributed by atoms with Gasteiger partial charge in [-0.25, -0.2) is 4.98 Å². The van der Waals surface area contributed by atoms with Crippen LogP contribution in [0.5, 0.6) is 0 Å². The molecule has 0 unspecified atom stereocenters. The molecule has 75 valence electrons. The molecule has 1 aliphatic rings. The highest BCUT2D eigenvalue weighted by Gasteiger charge is 2.14. The Morgan fingerprint density at radius 2 is 1.93 bits per heavy atom. The quantitative estimate of drug-likeness (QED) is 0.695. The summed E-state index contributed by atoms with van der Waals surface area (Å²) in [5.41, 5.74) is 0. The molecule has 0 bridgehead atoms. The summed E-state index contributed by atoms with van der Waals surface area (Å²) in [5.74, 6) is 1.05. The molecule has 1 aliphatic heterocycles. The van der Waals surface area contributed by atoms with Gasteiger partial charge in [0.05, 0.1) is 4.90 Å². The van der Waals surface area contributed by atoms with Crippen LogP contribution in [0.25, 0.3) is 0 Å². The molecule has 14 heavy (non-hydrogen) atoms. The van der Waals surface area contributed by atoms with Crippen LogP contribution in [0.15, 0.2) is 23.2 Å². The first-order chi connectivity index (χ1) is 6.75. The molecule has 0 N–H and O–H groups in total. The van der Waals surface area contributed by atoms with Crippen molar-refractivity contribution in [1.29, 1.82) is 0 Å². The summed E-state index contributed by atoms with van der Waals surface area (Å²) in [5, 5.41) is 0. The van der Waals surface area contributed by atoms with E-state index < -0.39 is 0 Å². The van der Waals surface area contributed by atoms with E-state index in [-0.39, 0.29) is 0 Å². The summed E-state index contributed by atoms with van der Waals surface area (Å²) in [6, 6.07) is 3.95. The highest BCUT2D eigenvalue weighted by Crippen LogP contribution is 2.14. The van der Waals surface area contributed by atoms with Crippen molar-refractivity contribution in [2.45, 2.75) is 4.90 Å². The zero-order valence-electron chi connectivity index (χ0n) is 8.31. The molecule has 1 radical (unpaired) electrons. The van der Waals surface area contributed by atoms with E-state index in [2.05, 4.69) is 21.8 Å². The van der Waals surface area contributed by atoms with Gasteiger partial charge in [0.15, 0.2) is 0 Å². The number of hydrogen-bond acceptors (Lipinski definition) is 3. The van der Waals surface area contributed by atoms with E-state index in [1.807, 2.05) is 12.1 Å². The molecule has 1 saturated heterocycles. The van der Waals surface area contributed by atoms with E-state index in [9.17, 15) is 0 Å². The van der Waals surface area contributed by atoms with E-state index in [4.69, 9.17) is 12.6 Å². The van der Waals surface area contributed by atoms with Crippen molar-refractivity contribution in [3.8, 4) is 0 Å². The van der Waals surface area contributed by atoms with E-state index in [1.165, 1.54) is 0 Å². The predicted molar refractivity (Wildman–Crippen MR) is 59.8 cm³/mol. The third-order valence-electron chi connectivity index (χ3n) is 2.55. The average molecular weight is 208 g/mol. The average Bonchev–Trinajstić information content (AvgIpc) is 2.21. The SMILES string of the molecule is CN1CCN(c2ccc([S])cn2)CC1. The molecular formula is C10H14N3S. The summed E-state index contributed by atoms with van der Waals surface area (Å²) in [7, 11) is 2.15. The number of aromatic nitrogens is 1. The standard InChI is InChI=1S/C10H14N3S/c1-12-4-6-13(7-5-12)10-3-2-9(14)8-11-10/h2-3,8H,4-7H2,1H3. The van der Waals surface area contributed by atoms with Crippen molar-refractivity contribution in [2.75, 3.05) is 38.1 Å². The molecule has 0 atom stereocenters. The number of hydrogen-bond donors (Lipinski definition) is 0. The maximum absolute atomic E-state index is 5.00. The first-order valence-corrected chi connectivity index (χ1v) is 5.23. The highest BCUT2D eigenvalue weighted by atomic mass is 32.1. The van der Waals surface area contributed by atoms with Gasteiger partial charge < -0.3 is 9.80 Å². The molecule has 2 heterocycles. The Labute approximate surface area is 90.1 Å². The topological polar surface area (TPSA) is 19.4 Å². The van der Waals surface area contributed by atoms with E-state index in [0.29, 0.717) is 0 Å². The fourth-order valence-corrected chi connectivity index (χ4v) is 1.72. The van der Waals surface area contributed by atoms with Gasteiger partial charge in [0.2, 0.25) is 0 Å². The Bertz CT molecular complexity index is 291. The molecule has 0 spiro atoms. The Balaban J connectivity index is 2.05. The zero-order valence-corrected chi connectivity index (χ0v) is 9.13. The van der Waals surface area contributed by atoms with E-state index >= 15 is 0 Å². The molecule has 0 aromatic carbocycles. The number of piperazine rings is 1. The maximum atomic E-state index is 5.00. The summed E-state index contributed by atoms with van der Waals surface area (Å²) >= 11 is 5.00. The van der Waals surface area contributed by atoms with Crippen LogP contribution in [0.1, 0.15) is 0 Å². The molecule has 0 aliphatic carbocycles. The largest absolute Gasteiger partial charge is 0.354 e. The molecule has 3 nitrogen and oxygen atoms in total. The lowest BCUT2D eigenvalue weighted by atomic mass is 10.3. The van der Waals surface area contributed by atoms with Gasteiger partial charge in [-0.15, -0.1) is 0 Å². The fourth-order valence-electron chi connectivity index (χ4n) is 1.60. The van der Waals surface area contributed by atoms with Gasteiger partial charge in [0.25, 0.3) is 0 Å². The smallest absolute Gasteiger partial charge is 0.128 e. The number of nitrogens with zero attached hydrogens (tertiary/aromatic N) is 3. The highest BCUT2D eigenvalue weighted by molar-refractivity contribution is 7.80. The maximum Gasteiger partial charge on any atom is 0.128 e. The molecule has 0 amide bonds. The van der Waals surface area contributed by atoms with Gasteiger partial charge in [-0.3, -0.25) is 0 Å². The van der Waals surface area contributed by atoms with Crippen molar-refractivity contribution in [1.82, 2.24) is 9.88 Å². The van der Waals surface area contributed by atoms with Crippen LogP contribution in [-0.4, -0.2) is 43.1 Å². The van der Waals surface area contributed by atoms with Gasteiger partial charge >= 0.3 is 0 Å². The minimum atomic E-state index is 0.808. The molecule has 0 saturated carbocycles. The second-order valence-electron chi connectivity index (χ2n) is 3.64. The number of likely N-dealkylation sites (N-methyl/N-ethyl adjacent to an activating group) is 1. The van der Waals surface area contributed by atoms with Crippen LogP contribution in [-0.2, 0) is 0 Å². The lowest BCUT2D eigenvalue weighted by Crippen LogP contribution is -2.44. The summed E-state index contributed by atoms with van der Waals surface area (Å²) < 4.78 is 0. The Morgan fingerprint density at radius 1 is 1.21 bits per heavy atom. The first kappa shape index (κ1) is 9.68. The Hall–Kier alpha value is -0.870. The molecular weight excluding hydrogens is 194 g/mol. The van der Waals surface area contributed by atoms with Crippen LogP contribution < -0.4 is 4.90 Å². The second-order valence-corrected chi connectivity index (χ2v) is 4.11. The van der Waals surface area contributed by atoms with Crippen LogP contribution in [0.2, 0.25) is 0 Å². The number of rotatable bonds is 1. The number of anilines is 1. The normalized spacial score (nSPS) is 18.5. The van der Waals surface area contributed by atoms with Crippen molar-refractivity contribution in [3.05, 3.63) is 18.3 Å². The van der Waals surface area contributed by atoms with Gasteiger partial charge in [-0.2, -0.15) is 0 Å². The van der Waals surface area contributed by atoms with Crippen LogP contribution in [0.3, 0.4) is 0 Å². The third kappa shape index (κ3) is 2.13. The summed E-state index contributed by atoms with van der Waals surface area (Å²) in [6.07, 6.45) is 1.75. The first-order valence-electron chi connectivity index (χ1n) is 4.82. The van der Waals surface area contributed by atoms with Gasteiger partial charge in [-0.1, -0.05) is 12.6 Å². The minimum absolute atomic E-state index is 0.808. The monoisotopic (exact) mass is 208 g/mol. The van der Waals surface area contributed by atoms with Crippen LogP contribution in [0, 0.1) is 0 Å². The zero-order chi connectivity index (χ0) is 9.97. The van der Waals surface area contributed by atoms with Crippen LogP contribution >= 0.6 is 12.6 Å². The second kappa shape index (κ2) is 4.11. The Morgan fingerprint density at radius 3 is 2.50 bits per heavy atom. The van der Waals surface area contributed by atoms with Crippen molar-refractivity contribution in [3.63, 3.8) is 0 Å². The Kier molecular flexibility index (Phi) is 2.84. The lowest BCUT2D eigenvalue weighted by molar-refractivity contribution is 0.312. The van der Waals surface area contributed by atoms with Gasteiger partial charge in [0.1, 0.15) is 5.82 Å². The van der Waals surface area contributed by atoms with Crippen molar-refractivity contribution >= 4 is 18.4 Å². The van der Waals surface area contributed by atoms with Crippen molar-refractivity contribution in [2.24, 2.45) is 0 Å². The molecule has 1 aromatic rings.